The Kier molecular flexibility index (Phi) is 2.87. The average Bonchev–Trinajstić information content (AvgIpc) is 2.60. The monoisotopic (exact) mass is 262 g/mol. The highest BCUT2D eigenvalue weighted by Crippen LogP contribution is 2.36. The fourth-order valence-electron chi connectivity index (χ4n) is 1.83. The molecule has 0 heterocycles. The van der Waals surface area contributed by atoms with Crippen LogP contribution in [0.1, 0.15) is 24.0 Å². The number of carbonyl (C=O) groups is 1. The first kappa shape index (κ1) is 10.4. The van der Waals surface area contributed by atoms with Gasteiger partial charge in [-0.1, -0.05) is 36.9 Å². The molecule has 0 radical (unpaired) electrons. The highest BCUT2D eigenvalue weighted by molar-refractivity contribution is 9.12. The smallest absolute Gasteiger partial charge is 0.170 e. The quantitative estimate of drug-likeness (QED) is 0.793. The molecule has 0 saturated heterocycles. The van der Waals surface area contributed by atoms with Crippen LogP contribution >= 0.6 is 15.9 Å². The minimum absolute atomic E-state index is 0.198. The first-order valence-corrected chi connectivity index (χ1v) is 5.67. The Labute approximate surface area is 97.6 Å². The largest absolute Gasteiger partial charge is 0.294 e. The molecule has 0 N–H and O–H groups in total. The molecule has 0 unspecified atom stereocenters. The van der Waals surface area contributed by atoms with Gasteiger partial charge in [-0.15, -0.1) is 0 Å². The molecule has 1 aromatic carbocycles. The molecule has 0 atom stereocenters. The van der Waals surface area contributed by atoms with Crippen molar-refractivity contribution in [2.45, 2.75) is 12.8 Å². The van der Waals surface area contributed by atoms with Crippen LogP contribution in [0.5, 0.6) is 0 Å². The van der Waals surface area contributed by atoms with Crippen LogP contribution in [0.2, 0.25) is 0 Å². The molecule has 1 aliphatic carbocycles. The normalized spacial score (nSPS) is 15.9. The third-order valence-electron chi connectivity index (χ3n) is 2.62. The van der Waals surface area contributed by atoms with Crippen molar-refractivity contribution in [2.24, 2.45) is 0 Å². The molecule has 0 aromatic heterocycles. The van der Waals surface area contributed by atoms with Crippen LogP contribution in [-0.2, 0) is 4.79 Å². The van der Waals surface area contributed by atoms with Crippen LogP contribution in [0.4, 0.5) is 0 Å². The lowest BCUT2D eigenvalue weighted by Crippen LogP contribution is -1.88. The maximum absolute atomic E-state index is 11.4. The van der Waals surface area contributed by atoms with Gasteiger partial charge in [-0.2, -0.15) is 0 Å². The molecular formula is C13H11BrO. The Morgan fingerprint density at radius 3 is 2.60 bits per heavy atom. The predicted octanol–water partition coefficient (Wildman–Crippen LogP) is 3.80. The number of halogens is 1. The summed E-state index contributed by atoms with van der Waals surface area (Å²) in [7, 11) is 0. The van der Waals surface area contributed by atoms with E-state index in [2.05, 4.69) is 22.5 Å². The fraction of sp³-hybridized carbons (Fsp3) is 0.154. The molecule has 0 amide bonds. The van der Waals surface area contributed by atoms with Crippen molar-refractivity contribution in [1.82, 2.24) is 0 Å². The van der Waals surface area contributed by atoms with Gasteiger partial charge in [0.15, 0.2) is 5.78 Å². The van der Waals surface area contributed by atoms with E-state index in [4.69, 9.17) is 0 Å². The molecule has 0 spiro atoms. The number of hydrogen-bond acceptors (Lipinski definition) is 1. The molecule has 2 heteroatoms. The summed E-state index contributed by atoms with van der Waals surface area (Å²) >= 11 is 3.37. The standard InChI is InChI=1S/C13H11BrO/c1-2-9-5-3-4-6-10(9)11-7-8-12(15)13(11)14/h2-6H,1,7-8H2. The van der Waals surface area contributed by atoms with E-state index in [1.165, 1.54) is 0 Å². The van der Waals surface area contributed by atoms with E-state index in [0.29, 0.717) is 6.42 Å². The Morgan fingerprint density at radius 2 is 2.00 bits per heavy atom. The number of benzene rings is 1. The molecule has 1 aliphatic rings. The second kappa shape index (κ2) is 4.15. The molecule has 0 bridgehead atoms. The molecule has 2 rings (SSSR count). The molecule has 76 valence electrons. The lowest BCUT2D eigenvalue weighted by molar-refractivity contribution is -0.114. The molecular weight excluding hydrogens is 252 g/mol. The minimum atomic E-state index is 0.198. The lowest BCUT2D eigenvalue weighted by atomic mass is 9.99. The fourth-order valence-corrected chi connectivity index (χ4v) is 2.44. The zero-order valence-corrected chi connectivity index (χ0v) is 9.88. The van der Waals surface area contributed by atoms with Crippen LogP contribution in [0.3, 0.4) is 0 Å². The van der Waals surface area contributed by atoms with E-state index in [0.717, 1.165) is 27.6 Å². The van der Waals surface area contributed by atoms with Crippen molar-refractivity contribution in [3.8, 4) is 0 Å². The third kappa shape index (κ3) is 1.82. The average molecular weight is 263 g/mol. The van der Waals surface area contributed by atoms with E-state index < -0.39 is 0 Å². The van der Waals surface area contributed by atoms with Gasteiger partial charge in [0.25, 0.3) is 0 Å². The highest BCUT2D eigenvalue weighted by atomic mass is 79.9. The number of rotatable bonds is 2. The van der Waals surface area contributed by atoms with Gasteiger partial charge >= 0.3 is 0 Å². The summed E-state index contributed by atoms with van der Waals surface area (Å²) in [5.41, 5.74) is 3.31. The van der Waals surface area contributed by atoms with Gasteiger partial charge in [-0.05, 0) is 39.1 Å². The van der Waals surface area contributed by atoms with Gasteiger partial charge in [0.05, 0.1) is 4.48 Å². The molecule has 0 fully saturated rings. The lowest BCUT2D eigenvalue weighted by Gasteiger charge is -2.06. The highest BCUT2D eigenvalue weighted by Gasteiger charge is 2.22. The molecule has 15 heavy (non-hydrogen) atoms. The first-order valence-electron chi connectivity index (χ1n) is 4.87. The number of carbonyl (C=O) groups excluding carboxylic acids is 1. The summed E-state index contributed by atoms with van der Waals surface area (Å²) in [5, 5.41) is 0. The van der Waals surface area contributed by atoms with E-state index in [1.807, 2.05) is 30.3 Å². The second-order valence-corrected chi connectivity index (χ2v) is 4.30. The maximum atomic E-state index is 11.4. The number of ketones is 1. The van der Waals surface area contributed by atoms with Gasteiger partial charge in [-0.3, -0.25) is 4.79 Å². The van der Waals surface area contributed by atoms with Crippen molar-refractivity contribution in [2.75, 3.05) is 0 Å². The predicted molar refractivity (Wildman–Crippen MR) is 66.6 cm³/mol. The van der Waals surface area contributed by atoms with Gasteiger partial charge < -0.3 is 0 Å². The zero-order chi connectivity index (χ0) is 10.8. The molecule has 1 nitrogen and oxygen atoms in total. The Hall–Kier alpha value is -1.15. The van der Waals surface area contributed by atoms with E-state index in [1.54, 1.807) is 0 Å². The Morgan fingerprint density at radius 1 is 1.27 bits per heavy atom. The SMILES string of the molecule is C=Cc1ccccc1C1=C(Br)C(=O)CC1. The third-order valence-corrected chi connectivity index (χ3v) is 3.54. The van der Waals surface area contributed by atoms with E-state index in [-0.39, 0.29) is 5.78 Å². The van der Waals surface area contributed by atoms with Crippen LogP contribution in [0, 0.1) is 0 Å². The van der Waals surface area contributed by atoms with Crippen LogP contribution < -0.4 is 0 Å². The van der Waals surface area contributed by atoms with Crippen molar-refractivity contribution in [3.63, 3.8) is 0 Å². The Bertz CT molecular complexity index is 457. The van der Waals surface area contributed by atoms with Gasteiger partial charge in [0.1, 0.15) is 0 Å². The van der Waals surface area contributed by atoms with Crippen LogP contribution in [0.15, 0.2) is 35.3 Å². The van der Waals surface area contributed by atoms with Gasteiger partial charge in [0.2, 0.25) is 0 Å². The molecule has 0 saturated carbocycles. The van der Waals surface area contributed by atoms with Gasteiger partial charge in [0, 0.05) is 6.42 Å². The summed E-state index contributed by atoms with van der Waals surface area (Å²) in [6.07, 6.45) is 3.26. The summed E-state index contributed by atoms with van der Waals surface area (Å²) in [6, 6.07) is 8.01. The first-order chi connectivity index (χ1) is 7.24. The van der Waals surface area contributed by atoms with Crippen LogP contribution in [-0.4, -0.2) is 5.78 Å². The van der Waals surface area contributed by atoms with Crippen LogP contribution in [0.25, 0.3) is 11.6 Å². The summed E-state index contributed by atoms with van der Waals surface area (Å²) in [6.45, 7) is 3.78. The number of allylic oxidation sites excluding steroid dienone is 2. The van der Waals surface area contributed by atoms with E-state index >= 15 is 0 Å². The van der Waals surface area contributed by atoms with Crippen molar-refractivity contribution in [1.29, 1.82) is 0 Å². The summed E-state index contributed by atoms with van der Waals surface area (Å²) in [4.78, 5) is 11.4. The van der Waals surface area contributed by atoms with Crippen molar-refractivity contribution < 1.29 is 4.79 Å². The topological polar surface area (TPSA) is 17.1 Å². The molecule has 1 aromatic rings. The number of hydrogen-bond donors (Lipinski definition) is 0. The molecule has 0 aliphatic heterocycles. The maximum Gasteiger partial charge on any atom is 0.170 e. The summed E-state index contributed by atoms with van der Waals surface area (Å²) in [5.74, 6) is 0.198. The zero-order valence-electron chi connectivity index (χ0n) is 8.29. The van der Waals surface area contributed by atoms with Gasteiger partial charge in [-0.25, -0.2) is 0 Å². The second-order valence-electron chi connectivity index (χ2n) is 3.51. The van der Waals surface area contributed by atoms with E-state index in [9.17, 15) is 4.79 Å². The number of Topliss-reactive ketones (excluding diaryl/α,β-unsaturated/α-hetero) is 1. The van der Waals surface area contributed by atoms with Crippen molar-refractivity contribution in [3.05, 3.63) is 46.5 Å². The summed E-state index contributed by atoms with van der Waals surface area (Å²) < 4.78 is 0.733. The Balaban J connectivity index is 2.55. The van der Waals surface area contributed by atoms with Crippen molar-refractivity contribution >= 4 is 33.4 Å². The minimum Gasteiger partial charge on any atom is -0.294 e.